The zero-order valence-electron chi connectivity index (χ0n) is 16.7. The number of hydrogen-bond donors (Lipinski definition) is 2. The van der Waals surface area contributed by atoms with Crippen molar-refractivity contribution >= 4 is 23.6 Å². The molecule has 5 nitrogen and oxygen atoms in total. The maximum Gasteiger partial charge on any atom is 0.251 e. The normalized spacial score (nSPS) is 11.5. The summed E-state index contributed by atoms with van der Waals surface area (Å²) in [7, 11) is 0. The summed E-state index contributed by atoms with van der Waals surface area (Å²) < 4.78 is 5.75. The molecule has 1 atom stereocenters. The quantitative estimate of drug-likeness (QED) is 0.600. The molecule has 6 heteroatoms. The van der Waals surface area contributed by atoms with Crippen LogP contribution in [0.2, 0.25) is 0 Å². The van der Waals surface area contributed by atoms with E-state index in [2.05, 4.69) is 16.7 Å². The minimum Gasteiger partial charge on any atom is -0.491 e. The van der Waals surface area contributed by atoms with Crippen LogP contribution in [0.5, 0.6) is 5.75 Å². The van der Waals surface area contributed by atoms with Crippen LogP contribution in [0.1, 0.15) is 27.9 Å². The number of nitrogens with one attached hydrogen (secondary N) is 2. The lowest BCUT2D eigenvalue weighted by molar-refractivity contribution is -0.123. The number of carbonyl (C=O) groups excluding carboxylic acids is 2. The van der Waals surface area contributed by atoms with E-state index in [1.807, 2.05) is 38.3 Å². The lowest BCUT2D eigenvalue weighted by Gasteiger charge is -2.18. The maximum absolute atomic E-state index is 12.5. The number of hydrogen-bond acceptors (Lipinski definition) is 4. The largest absolute Gasteiger partial charge is 0.491 e. The van der Waals surface area contributed by atoms with E-state index in [1.165, 1.54) is 5.56 Å². The Morgan fingerprint density at radius 2 is 1.86 bits per heavy atom. The van der Waals surface area contributed by atoms with E-state index in [0.29, 0.717) is 25.1 Å². The van der Waals surface area contributed by atoms with Crippen LogP contribution in [-0.4, -0.2) is 43.0 Å². The van der Waals surface area contributed by atoms with Crippen LogP contribution in [0.15, 0.2) is 48.5 Å². The lowest BCUT2D eigenvalue weighted by atomic mass is 10.1. The molecule has 2 aromatic carbocycles. The van der Waals surface area contributed by atoms with E-state index in [-0.39, 0.29) is 11.8 Å². The highest BCUT2D eigenvalue weighted by molar-refractivity contribution is 7.98. The SMILES string of the molecule is CSCCC(NC(=O)c1ccccc1)C(=O)NCCOc1ccc(C)cc1C. The van der Waals surface area contributed by atoms with Gasteiger partial charge in [-0.05, 0) is 56.0 Å². The molecule has 1 unspecified atom stereocenters. The fraction of sp³-hybridized carbons (Fsp3) is 0.364. The van der Waals surface area contributed by atoms with Gasteiger partial charge in [0.1, 0.15) is 18.4 Å². The summed E-state index contributed by atoms with van der Waals surface area (Å²) in [6.07, 6.45) is 2.55. The van der Waals surface area contributed by atoms with E-state index in [0.717, 1.165) is 17.1 Å². The lowest BCUT2D eigenvalue weighted by Crippen LogP contribution is -2.47. The first-order chi connectivity index (χ1) is 13.5. The molecule has 0 aliphatic rings. The Morgan fingerprint density at radius 1 is 1.11 bits per heavy atom. The highest BCUT2D eigenvalue weighted by Gasteiger charge is 2.20. The summed E-state index contributed by atoms with van der Waals surface area (Å²) in [5.41, 5.74) is 2.80. The number of thioether (sulfide) groups is 1. The Bertz CT molecular complexity index is 781. The van der Waals surface area contributed by atoms with Crippen LogP contribution in [0, 0.1) is 13.8 Å². The average molecular weight is 401 g/mol. The molecule has 0 bridgehead atoms. The fourth-order valence-electron chi connectivity index (χ4n) is 2.76. The summed E-state index contributed by atoms with van der Waals surface area (Å²) >= 11 is 1.64. The maximum atomic E-state index is 12.5. The van der Waals surface area contributed by atoms with Crippen LogP contribution >= 0.6 is 11.8 Å². The zero-order chi connectivity index (χ0) is 20.4. The summed E-state index contributed by atoms with van der Waals surface area (Å²) in [5.74, 6) is 1.17. The number of amides is 2. The highest BCUT2D eigenvalue weighted by atomic mass is 32.2. The average Bonchev–Trinajstić information content (AvgIpc) is 2.70. The third kappa shape index (κ3) is 6.93. The number of carbonyl (C=O) groups is 2. The Labute approximate surface area is 171 Å². The minimum atomic E-state index is -0.568. The number of benzene rings is 2. The molecule has 2 aromatic rings. The first kappa shape index (κ1) is 21.8. The molecule has 0 aromatic heterocycles. The molecule has 150 valence electrons. The van der Waals surface area contributed by atoms with Crippen molar-refractivity contribution in [2.45, 2.75) is 26.3 Å². The molecule has 2 amide bonds. The molecular formula is C22H28N2O3S. The monoisotopic (exact) mass is 400 g/mol. The van der Waals surface area contributed by atoms with Crippen molar-refractivity contribution in [3.8, 4) is 5.75 Å². The van der Waals surface area contributed by atoms with Gasteiger partial charge < -0.3 is 15.4 Å². The molecule has 0 aliphatic heterocycles. The van der Waals surface area contributed by atoms with Crippen LogP contribution in [-0.2, 0) is 4.79 Å². The Hall–Kier alpha value is -2.47. The first-order valence-corrected chi connectivity index (χ1v) is 10.7. The van der Waals surface area contributed by atoms with Crippen molar-refractivity contribution in [1.82, 2.24) is 10.6 Å². The van der Waals surface area contributed by atoms with Gasteiger partial charge in [-0.1, -0.05) is 35.9 Å². The van der Waals surface area contributed by atoms with Crippen molar-refractivity contribution in [3.63, 3.8) is 0 Å². The molecular weight excluding hydrogens is 372 g/mol. The second-order valence-electron chi connectivity index (χ2n) is 6.58. The summed E-state index contributed by atoms with van der Waals surface area (Å²) in [4.78, 5) is 24.9. The van der Waals surface area contributed by atoms with Gasteiger partial charge in [-0.15, -0.1) is 0 Å². The molecule has 0 fully saturated rings. The molecule has 28 heavy (non-hydrogen) atoms. The molecule has 0 spiro atoms. The van der Waals surface area contributed by atoms with Crippen molar-refractivity contribution < 1.29 is 14.3 Å². The number of ether oxygens (including phenoxy) is 1. The van der Waals surface area contributed by atoms with Gasteiger partial charge in [0.2, 0.25) is 5.91 Å². The predicted molar refractivity (Wildman–Crippen MR) is 115 cm³/mol. The number of aryl methyl sites for hydroxylation is 2. The van der Waals surface area contributed by atoms with Gasteiger partial charge in [-0.2, -0.15) is 11.8 Å². The third-order valence-electron chi connectivity index (χ3n) is 4.26. The highest BCUT2D eigenvalue weighted by Crippen LogP contribution is 2.18. The van der Waals surface area contributed by atoms with Crippen LogP contribution < -0.4 is 15.4 Å². The van der Waals surface area contributed by atoms with Crippen molar-refractivity contribution in [3.05, 3.63) is 65.2 Å². The Balaban J connectivity index is 1.85. The molecule has 0 heterocycles. The summed E-state index contributed by atoms with van der Waals surface area (Å²) in [5, 5.41) is 5.70. The van der Waals surface area contributed by atoms with E-state index < -0.39 is 6.04 Å². The topological polar surface area (TPSA) is 67.4 Å². The van der Waals surface area contributed by atoms with Gasteiger partial charge in [0.15, 0.2) is 0 Å². The summed E-state index contributed by atoms with van der Waals surface area (Å²) in [6.45, 7) is 4.79. The molecule has 0 aliphatic carbocycles. The van der Waals surface area contributed by atoms with Crippen LogP contribution in [0.25, 0.3) is 0 Å². The van der Waals surface area contributed by atoms with E-state index in [4.69, 9.17) is 4.74 Å². The van der Waals surface area contributed by atoms with Gasteiger partial charge in [-0.25, -0.2) is 0 Å². The second kappa shape index (κ2) is 11.4. The van der Waals surface area contributed by atoms with Gasteiger partial charge in [0.05, 0.1) is 6.54 Å². The standard InChI is InChI=1S/C22H28N2O3S/c1-16-9-10-20(17(2)15-16)27-13-12-23-22(26)19(11-14-28-3)24-21(25)18-7-5-4-6-8-18/h4-10,15,19H,11-14H2,1-3H3,(H,23,26)(H,24,25). The van der Waals surface area contributed by atoms with E-state index in [1.54, 1.807) is 36.0 Å². The third-order valence-corrected chi connectivity index (χ3v) is 4.90. The molecule has 2 N–H and O–H groups in total. The van der Waals surface area contributed by atoms with Crippen molar-refractivity contribution in [2.24, 2.45) is 0 Å². The van der Waals surface area contributed by atoms with Crippen molar-refractivity contribution in [2.75, 3.05) is 25.2 Å². The minimum absolute atomic E-state index is 0.192. The van der Waals surface area contributed by atoms with Crippen LogP contribution in [0.4, 0.5) is 0 Å². The first-order valence-electron chi connectivity index (χ1n) is 9.34. The Morgan fingerprint density at radius 3 is 2.54 bits per heavy atom. The summed E-state index contributed by atoms with van der Waals surface area (Å²) in [6, 6.07) is 14.4. The van der Waals surface area contributed by atoms with Gasteiger partial charge >= 0.3 is 0 Å². The fourth-order valence-corrected chi connectivity index (χ4v) is 3.23. The number of rotatable bonds is 10. The van der Waals surface area contributed by atoms with Gasteiger partial charge in [0, 0.05) is 5.56 Å². The van der Waals surface area contributed by atoms with Crippen LogP contribution in [0.3, 0.4) is 0 Å². The Kier molecular flexibility index (Phi) is 8.88. The van der Waals surface area contributed by atoms with E-state index >= 15 is 0 Å². The molecule has 2 rings (SSSR count). The zero-order valence-corrected chi connectivity index (χ0v) is 17.5. The van der Waals surface area contributed by atoms with Gasteiger partial charge in [0.25, 0.3) is 5.91 Å². The predicted octanol–water partition coefficient (Wildman–Crippen LogP) is 3.35. The van der Waals surface area contributed by atoms with Crippen molar-refractivity contribution in [1.29, 1.82) is 0 Å². The van der Waals surface area contributed by atoms with Gasteiger partial charge in [-0.3, -0.25) is 9.59 Å². The van der Waals surface area contributed by atoms with E-state index in [9.17, 15) is 9.59 Å². The molecule has 0 saturated carbocycles. The smallest absolute Gasteiger partial charge is 0.251 e. The second-order valence-corrected chi connectivity index (χ2v) is 7.57. The molecule has 0 saturated heterocycles. The molecule has 0 radical (unpaired) electrons.